The molecule has 0 bridgehead atoms. The fourth-order valence-corrected chi connectivity index (χ4v) is 2.99. The van der Waals surface area contributed by atoms with E-state index in [9.17, 15) is 0 Å². The van der Waals surface area contributed by atoms with Crippen molar-refractivity contribution in [2.75, 3.05) is 18.9 Å². The van der Waals surface area contributed by atoms with Crippen LogP contribution in [-0.4, -0.2) is 33.4 Å². The van der Waals surface area contributed by atoms with Crippen molar-refractivity contribution in [3.8, 4) is 0 Å². The first kappa shape index (κ1) is 11.6. The number of rotatable bonds is 3. The van der Waals surface area contributed by atoms with Gasteiger partial charge in [-0.2, -0.15) is 0 Å². The smallest absolute Gasteiger partial charge is 0.228 e. The predicted molar refractivity (Wildman–Crippen MR) is 72.0 cm³/mol. The molecule has 1 aliphatic heterocycles. The minimum Gasteiger partial charge on any atom is -0.300 e. The van der Waals surface area contributed by atoms with Crippen LogP contribution in [0.1, 0.15) is 24.6 Å². The van der Waals surface area contributed by atoms with Gasteiger partial charge in [0, 0.05) is 17.8 Å². The van der Waals surface area contributed by atoms with Crippen LogP contribution < -0.4 is 5.32 Å². The van der Waals surface area contributed by atoms with Crippen LogP contribution in [0.3, 0.4) is 0 Å². The van der Waals surface area contributed by atoms with Gasteiger partial charge >= 0.3 is 0 Å². The van der Waals surface area contributed by atoms with Crippen LogP contribution in [-0.2, 0) is 0 Å². The van der Waals surface area contributed by atoms with Gasteiger partial charge in [0.15, 0.2) is 5.13 Å². The Morgan fingerprint density at radius 3 is 2.94 bits per heavy atom. The van der Waals surface area contributed by atoms with Gasteiger partial charge in [0.05, 0.1) is 11.7 Å². The number of likely N-dealkylation sites (tertiary alicyclic amines) is 1. The monoisotopic (exact) mass is 261 g/mol. The first-order chi connectivity index (χ1) is 8.83. The van der Waals surface area contributed by atoms with Crippen LogP contribution in [0.2, 0.25) is 0 Å². The van der Waals surface area contributed by atoms with Crippen molar-refractivity contribution in [2.45, 2.75) is 18.9 Å². The lowest BCUT2D eigenvalue weighted by Crippen LogP contribution is -2.17. The van der Waals surface area contributed by atoms with Gasteiger partial charge in [-0.25, -0.2) is 15.0 Å². The number of hydrogen-bond donors (Lipinski definition) is 1. The maximum Gasteiger partial charge on any atom is 0.228 e. The summed E-state index contributed by atoms with van der Waals surface area (Å²) in [4.78, 5) is 15.2. The second kappa shape index (κ2) is 4.99. The molecule has 3 heterocycles. The van der Waals surface area contributed by atoms with E-state index in [1.165, 1.54) is 12.8 Å². The number of nitrogens with one attached hydrogen (secondary N) is 1. The highest BCUT2D eigenvalue weighted by atomic mass is 32.1. The van der Waals surface area contributed by atoms with E-state index in [1.54, 1.807) is 29.8 Å². The summed E-state index contributed by atoms with van der Waals surface area (Å²) < 4.78 is 0. The van der Waals surface area contributed by atoms with Crippen molar-refractivity contribution in [3.05, 3.63) is 29.5 Å². The Balaban J connectivity index is 1.74. The Hall–Kier alpha value is -1.53. The molecule has 3 rings (SSSR count). The summed E-state index contributed by atoms with van der Waals surface area (Å²) in [6, 6.07) is 2.26. The van der Waals surface area contributed by atoms with E-state index >= 15 is 0 Å². The van der Waals surface area contributed by atoms with Gasteiger partial charge in [0.25, 0.3) is 0 Å². The molecule has 0 amide bonds. The molecule has 1 atom stereocenters. The molecule has 1 N–H and O–H groups in total. The molecule has 0 spiro atoms. The number of anilines is 2. The molecule has 94 valence electrons. The van der Waals surface area contributed by atoms with E-state index < -0.39 is 0 Å². The molecule has 1 aliphatic rings. The van der Waals surface area contributed by atoms with Gasteiger partial charge in [-0.3, -0.25) is 4.90 Å². The van der Waals surface area contributed by atoms with E-state index in [4.69, 9.17) is 0 Å². The van der Waals surface area contributed by atoms with Crippen molar-refractivity contribution >= 4 is 22.4 Å². The van der Waals surface area contributed by atoms with Crippen LogP contribution in [0.5, 0.6) is 0 Å². The molecule has 1 saturated heterocycles. The zero-order valence-electron chi connectivity index (χ0n) is 10.2. The molecular weight excluding hydrogens is 246 g/mol. The molecule has 2 aromatic rings. The summed E-state index contributed by atoms with van der Waals surface area (Å²) >= 11 is 1.60. The molecule has 2 aromatic heterocycles. The fraction of sp³-hybridized carbons (Fsp3) is 0.417. The second-order valence-corrected chi connectivity index (χ2v) is 5.27. The van der Waals surface area contributed by atoms with Crippen molar-refractivity contribution in [1.82, 2.24) is 19.9 Å². The van der Waals surface area contributed by atoms with E-state index in [-0.39, 0.29) is 0 Å². The average Bonchev–Trinajstić information content (AvgIpc) is 2.99. The van der Waals surface area contributed by atoms with Crippen LogP contribution in [0, 0.1) is 0 Å². The quantitative estimate of drug-likeness (QED) is 0.919. The molecule has 0 aliphatic carbocycles. The Bertz CT molecular complexity index is 512. The summed E-state index contributed by atoms with van der Waals surface area (Å²) in [5, 5.41) is 6.11. The van der Waals surface area contributed by atoms with Crippen LogP contribution in [0.4, 0.5) is 11.1 Å². The minimum absolute atomic E-state index is 0.466. The molecular formula is C12H15N5S. The zero-order valence-corrected chi connectivity index (χ0v) is 11.0. The van der Waals surface area contributed by atoms with Gasteiger partial charge in [-0.15, -0.1) is 11.3 Å². The number of hydrogen-bond acceptors (Lipinski definition) is 6. The highest BCUT2D eigenvalue weighted by molar-refractivity contribution is 7.13. The Kier molecular flexibility index (Phi) is 3.21. The topological polar surface area (TPSA) is 53.9 Å². The lowest BCUT2D eigenvalue weighted by Gasteiger charge is -2.16. The standard InChI is InChI=1S/C12H15N5S/c1-17-7-2-4-10(17)9-8-18-12(15-9)16-11-13-5-3-6-14-11/h3,5-6,8,10H,2,4,7H2,1H3,(H,13,14,15,16). The van der Waals surface area contributed by atoms with E-state index in [1.807, 2.05) is 0 Å². The summed E-state index contributed by atoms with van der Waals surface area (Å²) in [6.07, 6.45) is 5.88. The number of thiazole rings is 1. The molecule has 18 heavy (non-hydrogen) atoms. The Labute approximate surface area is 110 Å². The zero-order chi connectivity index (χ0) is 12.4. The molecule has 6 heteroatoms. The van der Waals surface area contributed by atoms with Crippen LogP contribution in [0.25, 0.3) is 0 Å². The maximum atomic E-state index is 4.62. The number of nitrogens with zero attached hydrogens (tertiary/aromatic N) is 4. The third-order valence-electron chi connectivity index (χ3n) is 3.17. The van der Waals surface area contributed by atoms with E-state index in [0.717, 1.165) is 17.4 Å². The van der Waals surface area contributed by atoms with Crippen LogP contribution >= 0.6 is 11.3 Å². The summed E-state index contributed by atoms with van der Waals surface area (Å²) in [7, 11) is 2.16. The second-order valence-electron chi connectivity index (χ2n) is 4.41. The first-order valence-electron chi connectivity index (χ1n) is 6.02. The van der Waals surface area contributed by atoms with E-state index in [0.29, 0.717) is 12.0 Å². The average molecular weight is 261 g/mol. The van der Waals surface area contributed by atoms with Gasteiger partial charge < -0.3 is 5.32 Å². The van der Waals surface area contributed by atoms with E-state index in [2.05, 4.69) is 37.6 Å². The van der Waals surface area contributed by atoms with Gasteiger partial charge in [0.1, 0.15) is 0 Å². The summed E-state index contributed by atoms with van der Waals surface area (Å²) in [5.74, 6) is 0.596. The highest BCUT2D eigenvalue weighted by Crippen LogP contribution is 2.32. The third-order valence-corrected chi connectivity index (χ3v) is 3.94. The Morgan fingerprint density at radius 1 is 1.39 bits per heavy atom. The summed E-state index contributed by atoms with van der Waals surface area (Å²) in [5.41, 5.74) is 1.15. The van der Waals surface area contributed by atoms with Crippen LogP contribution in [0.15, 0.2) is 23.8 Å². The maximum absolute atomic E-state index is 4.62. The highest BCUT2D eigenvalue weighted by Gasteiger charge is 2.24. The largest absolute Gasteiger partial charge is 0.300 e. The van der Waals surface area contributed by atoms with Gasteiger partial charge in [0.2, 0.25) is 5.95 Å². The number of aromatic nitrogens is 3. The molecule has 1 unspecified atom stereocenters. The molecule has 0 radical (unpaired) electrons. The summed E-state index contributed by atoms with van der Waals surface area (Å²) in [6.45, 7) is 1.16. The normalized spacial score (nSPS) is 20.2. The van der Waals surface area contributed by atoms with Crippen molar-refractivity contribution in [2.24, 2.45) is 0 Å². The minimum atomic E-state index is 0.466. The van der Waals surface area contributed by atoms with Crippen molar-refractivity contribution in [3.63, 3.8) is 0 Å². The molecule has 0 saturated carbocycles. The molecule has 0 aromatic carbocycles. The lowest BCUT2D eigenvalue weighted by molar-refractivity contribution is 0.313. The molecule has 5 nitrogen and oxygen atoms in total. The third kappa shape index (κ3) is 2.34. The Morgan fingerprint density at radius 2 is 2.22 bits per heavy atom. The fourth-order valence-electron chi connectivity index (χ4n) is 2.24. The lowest BCUT2D eigenvalue weighted by atomic mass is 10.2. The first-order valence-corrected chi connectivity index (χ1v) is 6.90. The van der Waals surface area contributed by atoms with Gasteiger partial charge in [-0.05, 0) is 32.5 Å². The van der Waals surface area contributed by atoms with Crippen molar-refractivity contribution < 1.29 is 0 Å². The SMILES string of the molecule is CN1CCCC1c1csc(Nc2ncccn2)n1. The van der Waals surface area contributed by atoms with Gasteiger partial charge in [-0.1, -0.05) is 0 Å². The van der Waals surface area contributed by atoms with Crippen molar-refractivity contribution in [1.29, 1.82) is 0 Å². The molecule has 1 fully saturated rings. The predicted octanol–water partition coefficient (Wildman–Crippen LogP) is 2.44.